The number of nitrogens with one attached hydrogen (secondary N) is 1. The van der Waals surface area contributed by atoms with Gasteiger partial charge in [-0.05, 0) is 32.0 Å². The Bertz CT molecular complexity index is 591. The Morgan fingerprint density at radius 2 is 1.96 bits per heavy atom. The molecule has 0 bridgehead atoms. The van der Waals surface area contributed by atoms with Crippen LogP contribution in [-0.2, 0) is 4.79 Å². The number of benzene rings is 1. The Morgan fingerprint density at radius 1 is 1.26 bits per heavy atom. The lowest BCUT2D eigenvalue weighted by atomic mass is 10.1. The molecule has 6 nitrogen and oxygen atoms in total. The molecule has 1 heterocycles. The summed E-state index contributed by atoms with van der Waals surface area (Å²) in [5.41, 5.74) is 0.479. The van der Waals surface area contributed by atoms with Crippen molar-refractivity contribution < 1.29 is 19.1 Å². The van der Waals surface area contributed by atoms with Gasteiger partial charge in [-0.25, -0.2) is 0 Å². The Balaban J connectivity index is 2.20. The fourth-order valence-corrected chi connectivity index (χ4v) is 3.53. The van der Waals surface area contributed by atoms with E-state index in [0.29, 0.717) is 28.7 Å². The van der Waals surface area contributed by atoms with E-state index in [1.165, 1.54) is 7.11 Å². The third-order valence-corrected chi connectivity index (χ3v) is 4.52. The normalized spacial score (nSPS) is 17.3. The van der Waals surface area contributed by atoms with E-state index in [1.54, 1.807) is 42.0 Å². The number of ether oxygens (including phenoxy) is 2. The van der Waals surface area contributed by atoms with Gasteiger partial charge in [0.1, 0.15) is 6.04 Å². The first-order valence-electron chi connectivity index (χ1n) is 7.39. The predicted molar refractivity (Wildman–Crippen MR) is 90.1 cm³/mol. The van der Waals surface area contributed by atoms with Gasteiger partial charge in [0.25, 0.3) is 5.91 Å². The van der Waals surface area contributed by atoms with Crippen LogP contribution in [0.1, 0.15) is 24.2 Å². The van der Waals surface area contributed by atoms with Gasteiger partial charge in [0, 0.05) is 17.4 Å². The summed E-state index contributed by atoms with van der Waals surface area (Å²) in [7, 11) is 3.07. The van der Waals surface area contributed by atoms with Gasteiger partial charge in [0.05, 0.1) is 20.1 Å². The van der Waals surface area contributed by atoms with Crippen LogP contribution >= 0.6 is 11.8 Å². The van der Waals surface area contributed by atoms with Crippen molar-refractivity contribution in [2.24, 2.45) is 0 Å². The molecule has 1 fully saturated rings. The van der Waals surface area contributed by atoms with Gasteiger partial charge < -0.3 is 19.7 Å². The molecular weight excluding hydrogens is 316 g/mol. The largest absolute Gasteiger partial charge is 0.493 e. The highest BCUT2D eigenvalue weighted by Crippen LogP contribution is 2.30. The highest BCUT2D eigenvalue weighted by Gasteiger charge is 2.35. The first-order valence-corrected chi connectivity index (χ1v) is 8.54. The fourth-order valence-electron chi connectivity index (χ4n) is 2.38. The Kier molecular flexibility index (Phi) is 5.76. The molecule has 126 valence electrons. The van der Waals surface area contributed by atoms with Crippen LogP contribution in [0.5, 0.6) is 11.5 Å². The lowest BCUT2D eigenvalue weighted by Crippen LogP contribution is -2.48. The van der Waals surface area contributed by atoms with E-state index >= 15 is 0 Å². The second-order valence-corrected chi connectivity index (χ2v) is 6.52. The van der Waals surface area contributed by atoms with Gasteiger partial charge in [0.15, 0.2) is 11.5 Å². The average Bonchev–Trinajstić information content (AvgIpc) is 3.02. The molecule has 0 aromatic heterocycles. The molecule has 0 spiro atoms. The van der Waals surface area contributed by atoms with E-state index in [2.05, 4.69) is 5.32 Å². The zero-order valence-electron chi connectivity index (χ0n) is 13.8. The Morgan fingerprint density at radius 3 is 2.57 bits per heavy atom. The minimum absolute atomic E-state index is 0.0473. The van der Waals surface area contributed by atoms with Gasteiger partial charge in [0.2, 0.25) is 5.91 Å². The monoisotopic (exact) mass is 338 g/mol. The number of thioether (sulfide) groups is 1. The number of amides is 2. The molecule has 7 heteroatoms. The van der Waals surface area contributed by atoms with Crippen LogP contribution in [0.15, 0.2) is 18.2 Å². The number of carbonyl (C=O) groups excluding carboxylic acids is 2. The third-order valence-electron chi connectivity index (χ3n) is 3.51. The molecule has 0 saturated carbocycles. The highest BCUT2D eigenvalue weighted by molar-refractivity contribution is 7.99. The van der Waals surface area contributed by atoms with Gasteiger partial charge in [-0.15, -0.1) is 11.8 Å². The van der Waals surface area contributed by atoms with E-state index in [0.717, 1.165) is 0 Å². The summed E-state index contributed by atoms with van der Waals surface area (Å²) in [6.07, 6.45) is 0. The van der Waals surface area contributed by atoms with E-state index in [4.69, 9.17) is 9.47 Å². The molecule has 23 heavy (non-hydrogen) atoms. The smallest absolute Gasteiger partial charge is 0.255 e. The van der Waals surface area contributed by atoms with Crippen LogP contribution in [0.3, 0.4) is 0 Å². The lowest BCUT2D eigenvalue weighted by Gasteiger charge is -2.24. The first kappa shape index (κ1) is 17.5. The van der Waals surface area contributed by atoms with E-state index in [1.807, 2.05) is 13.8 Å². The molecule has 1 unspecified atom stereocenters. The van der Waals surface area contributed by atoms with Gasteiger partial charge in [-0.3, -0.25) is 9.59 Å². The molecule has 0 aliphatic carbocycles. The molecule has 1 aliphatic heterocycles. The van der Waals surface area contributed by atoms with Crippen LogP contribution < -0.4 is 14.8 Å². The van der Waals surface area contributed by atoms with Gasteiger partial charge >= 0.3 is 0 Å². The average molecular weight is 338 g/mol. The third kappa shape index (κ3) is 3.90. The Hall–Kier alpha value is -1.89. The number of nitrogens with zero attached hydrogens (tertiary/aromatic N) is 1. The van der Waals surface area contributed by atoms with Crippen molar-refractivity contribution in [3.63, 3.8) is 0 Å². The summed E-state index contributed by atoms with van der Waals surface area (Å²) >= 11 is 1.57. The molecule has 1 saturated heterocycles. The van der Waals surface area contributed by atoms with E-state index in [9.17, 15) is 9.59 Å². The molecule has 1 N–H and O–H groups in total. The van der Waals surface area contributed by atoms with Crippen molar-refractivity contribution >= 4 is 23.6 Å². The number of rotatable bonds is 5. The Labute approximate surface area is 140 Å². The molecule has 0 radical (unpaired) electrons. The maximum absolute atomic E-state index is 12.8. The maximum Gasteiger partial charge on any atom is 0.255 e. The summed E-state index contributed by atoms with van der Waals surface area (Å²) in [4.78, 5) is 26.6. The highest BCUT2D eigenvalue weighted by atomic mass is 32.2. The number of methoxy groups -OCH3 is 2. The summed E-state index contributed by atoms with van der Waals surface area (Å²) in [6.45, 7) is 3.81. The molecule has 2 rings (SSSR count). The zero-order valence-corrected chi connectivity index (χ0v) is 14.6. The van der Waals surface area contributed by atoms with Crippen molar-refractivity contribution in [2.45, 2.75) is 25.9 Å². The summed E-state index contributed by atoms with van der Waals surface area (Å²) in [5.74, 6) is 1.88. The second kappa shape index (κ2) is 7.59. The topological polar surface area (TPSA) is 67.9 Å². The SMILES string of the molecule is COc1ccc(C(=O)N2CSCC2C(=O)NC(C)C)cc1OC. The molecule has 1 aliphatic rings. The molecular formula is C16H22N2O4S. The van der Waals surface area contributed by atoms with E-state index in [-0.39, 0.29) is 17.9 Å². The predicted octanol–water partition coefficient (Wildman–Crippen LogP) is 1.74. The molecule has 1 aromatic carbocycles. The minimum Gasteiger partial charge on any atom is -0.493 e. The quantitative estimate of drug-likeness (QED) is 0.886. The summed E-state index contributed by atoms with van der Waals surface area (Å²) in [6, 6.07) is 4.62. The number of carbonyl (C=O) groups is 2. The van der Waals surface area contributed by atoms with Gasteiger partial charge in [-0.1, -0.05) is 0 Å². The maximum atomic E-state index is 12.8. The summed E-state index contributed by atoms with van der Waals surface area (Å²) in [5, 5.41) is 2.87. The van der Waals surface area contributed by atoms with E-state index < -0.39 is 6.04 Å². The van der Waals surface area contributed by atoms with Crippen LogP contribution in [-0.4, -0.2) is 54.6 Å². The molecule has 1 aromatic rings. The number of hydrogen-bond donors (Lipinski definition) is 1. The molecule has 2 amide bonds. The van der Waals surface area contributed by atoms with Crippen LogP contribution in [0.4, 0.5) is 0 Å². The van der Waals surface area contributed by atoms with Crippen LogP contribution in [0.25, 0.3) is 0 Å². The van der Waals surface area contributed by atoms with Crippen molar-refractivity contribution in [3.8, 4) is 11.5 Å². The second-order valence-electron chi connectivity index (χ2n) is 5.52. The summed E-state index contributed by atoms with van der Waals surface area (Å²) < 4.78 is 10.4. The van der Waals surface area contributed by atoms with Crippen molar-refractivity contribution in [1.29, 1.82) is 0 Å². The minimum atomic E-state index is -0.442. The van der Waals surface area contributed by atoms with Crippen LogP contribution in [0.2, 0.25) is 0 Å². The standard InChI is InChI=1S/C16H22N2O4S/c1-10(2)17-15(19)12-8-23-9-18(12)16(20)11-5-6-13(21-3)14(7-11)22-4/h5-7,10,12H,8-9H2,1-4H3,(H,17,19). The van der Waals surface area contributed by atoms with Crippen molar-refractivity contribution in [1.82, 2.24) is 10.2 Å². The zero-order chi connectivity index (χ0) is 17.0. The van der Waals surface area contributed by atoms with Crippen LogP contribution in [0, 0.1) is 0 Å². The first-order chi connectivity index (χ1) is 11.0. The van der Waals surface area contributed by atoms with Crippen molar-refractivity contribution in [3.05, 3.63) is 23.8 Å². The lowest BCUT2D eigenvalue weighted by molar-refractivity contribution is -0.124. The molecule has 1 atom stereocenters. The van der Waals surface area contributed by atoms with Crippen molar-refractivity contribution in [2.75, 3.05) is 25.8 Å². The van der Waals surface area contributed by atoms with Gasteiger partial charge in [-0.2, -0.15) is 0 Å². The number of hydrogen-bond acceptors (Lipinski definition) is 5. The fraction of sp³-hybridized carbons (Fsp3) is 0.500.